The summed E-state index contributed by atoms with van der Waals surface area (Å²) in [5, 5.41) is 2.93. The van der Waals surface area contributed by atoms with Crippen LogP contribution in [-0.4, -0.2) is 93.5 Å². The van der Waals surface area contributed by atoms with Crippen LogP contribution in [0.15, 0.2) is 73.1 Å². The summed E-state index contributed by atoms with van der Waals surface area (Å²) in [6.45, 7) is 13.7. The SMILES string of the molecule is C[C@@H](C(=O)N[C@H](C(=O)N1CCC[C@H]1CN(CCc1ccc(F)cc1)C(=O)c1ccn(-c2ccccc2)c1)C(C)(C)C)N(C)C(=O)OC(C)(C)C. The van der Waals surface area contributed by atoms with Gasteiger partial charge in [-0.3, -0.25) is 19.3 Å². The van der Waals surface area contributed by atoms with Gasteiger partial charge in [0.1, 0.15) is 23.5 Å². The van der Waals surface area contributed by atoms with E-state index in [1.54, 1.807) is 61.9 Å². The number of carbonyl (C=O) groups is 4. The Balaban J connectivity index is 1.53. The van der Waals surface area contributed by atoms with Crippen LogP contribution in [0.5, 0.6) is 0 Å². The van der Waals surface area contributed by atoms with E-state index in [1.165, 1.54) is 24.1 Å². The zero-order valence-corrected chi connectivity index (χ0v) is 30.6. The fraction of sp³-hybridized carbons (Fsp3) is 0.487. The Hall–Kier alpha value is -4.67. The van der Waals surface area contributed by atoms with E-state index in [-0.39, 0.29) is 23.7 Å². The number of rotatable bonds is 11. The number of likely N-dealkylation sites (N-methyl/N-ethyl adjacent to an activating group) is 1. The van der Waals surface area contributed by atoms with E-state index in [2.05, 4.69) is 5.32 Å². The summed E-state index contributed by atoms with van der Waals surface area (Å²) >= 11 is 0. The highest BCUT2D eigenvalue weighted by Gasteiger charge is 2.41. The molecule has 0 spiro atoms. The maximum Gasteiger partial charge on any atom is 0.410 e. The molecule has 2 heterocycles. The minimum absolute atomic E-state index is 0.166. The van der Waals surface area contributed by atoms with E-state index >= 15 is 0 Å². The van der Waals surface area contributed by atoms with Crippen molar-refractivity contribution in [2.24, 2.45) is 5.41 Å². The first-order valence-corrected chi connectivity index (χ1v) is 17.3. The maximum absolute atomic E-state index is 14.3. The number of carbonyl (C=O) groups excluding carboxylic acids is 4. The molecule has 1 aromatic heterocycles. The number of hydrogen-bond acceptors (Lipinski definition) is 5. The third kappa shape index (κ3) is 9.95. The molecule has 2 aromatic carbocycles. The zero-order chi connectivity index (χ0) is 36.8. The topological polar surface area (TPSA) is 104 Å². The molecule has 0 bridgehead atoms. The number of benzene rings is 2. The van der Waals surface area contributed by atoms with Crippen molar-refractivity contribution in [1.29, 1.82) is 0 Å². The standard InChI is InChI=1S/C39H52FN5O5/c1-27(42(8)37(49)50-39(5,6)7)34(46)41-33(38(2,3)4)36(48)45-22-12-15-32(45)26-44(23-20-28-16-18-30(40)19-17-28)35(47)29-21-24-43(25-29)31-13-10-9-11-14-31/h9-11,13-14,16-19,21,24-25,27,32-33H,12,15,20,22-23,26H2,1-8H3,(H,41,46)/t27-,32-,33+/m0/s1. The molecule has 10 nitrogen and oxygen atoms in total. The predicted octanol–water partition coefficient (Wildman–Crippen LogP) is 6.08. The number of aromatic nitrogens is 1. The molecular formula is C39H52FN5O5. The van der Waals surface area contributed by atoms with Crippen molar-refractivity contribution in [3.8, 4) is 5.69 Å². The number of nitrogens with zero attached hydrogens (tertiary/aromatic N) is 4. The third-order valence-corrected chi connectivity index (χ3v) is 9.00. The van der Waals surface area contributed by atoms with Gasteiger partial charge in [-0.2, -0.15) is 0 Å². The van der Waals surface area contributed by atoms with E-state index < -0.39 is 35.1 Å². The molecule has 3 aromatic rings. The molecule has 3 atom stereocenters. The van der Waals surface area contributed by atoms with E-state index in [0.717, 1.165) is 17.7 Å². The van der Waals surface area contributed by atoms with Crippen LogP contribution in [0.3, 0.4) is 0 Å². The van der Waals surface area contributed by atoms with Gasteiger partial charge in [0.05, 0.1) is 5.56 Å². The van der Waals surface area contributed by atoms with Crippen molar-refractivity contribution >= 4 is 23.8 Å². The molecule has 0 radical (unpaired) electrons. The average Bonchev–Trinajstić information content (AvgIpc) is 3.74. The Kier molecular flexibility index (Phi) is 12.1. The minimum atomic E-state index is -0.889. The lowest BCUT2D eigenvalue weighted by Crippen LogP contribution is -2.59. The quantitative estimate of drug-likeness (QED) is 0.263. The minimum Gasteiger partial charge on any atom is -0.444 e. The second-order valence-corrected chi connectivity index (χ2v) is 15.2. The lowest BCUT2D eigenvalue weighted by molar-refractivity contribution is -0.141. The molecule has 4 amide bonds. The average molecular weight is 690 g/mol. The second-order valence-electron chi connectivity index (χ2n) is 15.2. The molecule has 11 heteroatoms. The summed E-state index contributed by atoms with van der Waals surface area (Å²) in [6.07, 6.45) is 4.98. The van der Waals surface area contributed by atoms with Crippen molar-refractivity contribution < 1.29 is 28.3 Å². The molecule has 1 saturated heterocycles. The summed E-state index contributed by atoms with van der Waals surface area (Å²) in [6, 6.07) is 15.7. The van der Waals surface area contributed by atoms with E-state index in [1.807, 2.05) is 61.9 Å². The smallest absolute Gasteiger partial charge is 0.410 e. The van der Waals surface area contributed by atoms with E-state index in [4.69, 9.17) is 4.74 Å². The summed E-state index contributed by atoms with van der Waals surface area (Å²) in [5.41, 5.74) is 0.968. The molecule has 1 aliphatic rings. The van der Waals surface area contributed by atoms with Crippen LogP contribution >= 0.6 is 0 Å². The van der Waals surface area contributed by atoms with Crippen molar-refractivity contribution in [3.63, 3.8) is 0 Å². The Labute approximate surface area is 295 Å². The van der Waals surface area contributed by atoms with Gasteiger partial charge >= 0.3 is 6.09 Å². The molecule has 0 saturated carbocycles. The molecule has 50 heavy (non-hydrogen) atoms. The van der Waals surface area contributed by atoms with Gasteiger partial charge in [-0.05, 0) is 88.3 Å². The number of amides is 4. The monoisotopic (exact) mass is 689 g/mol. The van der Waals surface area contributed by atoms with Crippen molar-refractivity contribution in [1.82, 2.24) is 24.6 Å². The number of para-hydroxylation sites is 1. The third-order valence-electron chi connectivity index (χ3n) is 9.00. The number of ether oxygens (including phenoxy) is 1. The van der Waals surface area contributed by atoms with Gasteiger partial charge < -0.3 is 24.4 Å². The number of likely N-dealkylation sites (tertiary alicyclic amines) is 1. The number of halogens is 1. The first kappa shape index (κ1) is 38.1. The zero-order valence-electron chi connectivity index (χ0n) is 30.6. The van der Waals surface area contributed by atoms with Gasteiger partial charge in [-0.1, -0.05) is 51.1 Å². The molecule has 270 valence electrons. The van der Waals surface area contributed by atoms with Crippen LogP contribution in [0, 0.1) is 11.2 Å². The normalized spacial score (nSPS) is 16.0. The lowest BCUT2D eigenvalue weighted by atomic mass is 9.85. The van der Waals surface area contributed by atoms with Crippen molar-refractivity contribution in [3.05, 3.63) is 90.0 Å². The van der Waals surface area contributed by atoms with Gasteiger partial charge in [0.2, 0.25) is 11.8 Å². The van der Waals surface area contributed by atoms with Crippen LogP contribution in [0.1, 0.15) is 77.2 Å². The highest BCUT2D eigenvalue weighted by molar-refractivity contribution is 5.94. The Morgan fingerprint density at radius 1 is 0.980 bits per heavy atom. The van der Waals surface area contributed by atoms with Gasteiger partial charge in [-0.15, -0.1) is 0 Å². The molecule has 1 aliphatic heterocycles. The molecule has 1 N–H and O–H groups in total. The van der Waals surface area contributed by atoms with Crippen LogP contribution in [0.4, 0.5) is 9.18 Å². The molecule has 0 unspecified atom stereocenters. The first-order chi connectivity index (χ1) is 23.4. The first-order valence-electron chi connectivity index (χ1n) is 17.3. The van der Waals surface area contributed by atoms with Crippen LogP contribution in [0.2, 0.25) is 0 Å². The highest BCUT2D eigenvalue weighted by atomic mass is 19.1. The van der Waals surface area contributed by atoms with Gasteiger partial charge in [0.25, 0.3) is 5.91 Å². The molecule has 1 fully saturated rings. The number of hydrogen-bond donors (Lipinski definition) is 1. The van der Waals surface area contributed by atoms with Crippen molar-refractivity contribution in [2.45, 2.75) is 91.5 Å². The Morgan fingerprint density at radius 3 is 2.26 bits per heavy atom. The van der Waals surface area contributed by atoms with Gasteiger partial charge in [-0.25, -0.2) is 9.18 Å². The largest absolute Gasteiger partial charge is 0.444 e. The van der Waals surface area contributed by atoms with Gasteiger partial charge in [0, 0.05) is 50.8 Å². The summed E-state index contributed by atoms with van der Waals surface area (Å²) in [5.74, 6) is -1.20. The Morgan fingerprint density at radius 2 is 1.64 bits per heavy atom. The molecule has 0 aliphatic carbocycles. The predicted molar refractivity (Wildman–Crippen MR) is 191 cm³/mol. The molecular weight excluding hydrogens is 637 g/mol. The van der Waals surface area contributed by atoms with Crippen molar-refractivity contribution in [2.75, 3.05) is 26.7 Å². The van der Waals surface area contributed by atoms with E-state index in [0.29, 0.717) is 38.0 Å². The van der Waals surface area contributed by atoms with Crippen LogP contribution < -0.4 is 5.32 Å². The molecule has 4 rings (SSSR count). The lowest BCUT2D eigenvalue weighted by Gasteiger charge is -2.38. The van der Waals surface area contributed by atoms with Gasteiger partial charge in [0.15, 0.2) is 0 Å². The second kappa shape index (κ2) is 15.9. The van der Waals surface area contributed by atoms with Crippen LogP contribution in [-0.2, 0) is 20.7 Å². The fourth-order valence-corrected chi connectivity index (χ4v) is 5.97. The van der Waals surface area contributed by atoms with E-state index in [9.17, 15) is 23.6 Å². The van der Waals surface area contributed by atoms with Crippen LogP contribution in [0.25, 0.3) is 5.69 Å². The Bertz CT molecular complexity index is 1630. The maximum atomic E-state index is 14.3. The fourth-order valence-electron chi connectivity index (χ4n) is 5.97. The highest BCUT2D eigenvalue weighted by Crippen LogP contribution is 2.27. The summed E-state index contributed by atoms with van der Waals surface area (Å²) < 4.78 is 20.9. The summed E-state index contributed by atoms with van der Waals surface area (Å²) in [7, 11) is 1.49. The number of nitrogens with one attached hydrogen (secondary N) is 1. The summed E-state index contributed by atoms with van der Waals surface area (Å²) in [4.78, 5) is 59.3.